The van der Waals surface area contributed by atoms with Crippen LogP contribution in [0.3, 0.4) is 0 Å². The summed E-state index contributed by atoms with van der Waals surface area (Å²) >= 11 is 0. The smallest absolute Gasteiger partial charge is 0.237 e. The maximum absolute atomic E-state index is 11.6. The normalized spacial score (nSPS) is 16.8. The van der Waals surface area contributed by atoms with Gasteiger partial charge in [-0.3, -0.25) is 14.8 Å². The zero-order chi connectivity index (χ0) is 13.2. The highest BCUT2D eigenvalue weighted by atomic mass is 16.1. The summed E-state index contributed by atoms with van der Waals surface area (Å²) in [6.45, 7) is 7.80. The number of aryl methyl sites for hydroxylation is 1. The van der Waals surface area contributed by atoms with Gasteiger partial charge in [0.15, 0.2) is 0 Å². The largest absolute Gasteiger partial charge is 0.368 e. The van der Waals surface area contributed by atoms with Crippen LogP contribution in [-0.4, -0.2) is 21.2 Å². The lowest BCUT2D eigenvalue weighted by Gasteiger charge is -2.34. The summed E-state index contributed by atoms with van der Waals surface area (Å²) < 4.78 is 1.74. The molecule has 0 radical (unpaired) electrons. The Kier molecular flexibility index (Phi) is 3.93. The Morgan fingerprint density at radius 2 is 2.12 bits per heavy atom. The molecule has 1 aromatic heterocycles. The van der Waals surface area contributed by atoms with Crippen LogP contribution >= 0.6 is 0 Å². The van der Waals surface area contributed by atoms with E-state index in [-0.39, 0.29) is 17.9 Å². The van der Waals surface area contributed by atoms with Crippen molar-refractivity contribution in [2.75, 3.05) is 0 Å². The van der Waals surface area contributed by atoms with Crippen LogP contribution in [0.1, 0.15) is 39.3 Å². The molecule has 5 heteroatoms. The van der Waals surface area contributed by atoms with Crippen LogP contribution in [0.4, 0.5) is 0 Å². The molecular weight excluding hydrogens is 216 g/mol. The molecule has 2 unspecified atom stereocenters. The van der Waals surface area contributed by atoms with E-state index in [4.69, 9.17) is 5.73 Å². The van der Waals surface area contributed by atoms with Gasteiger partial charge in [0.25, 0.3) is 0 Å². The van der Waals surface area contributed by atoms with Crippen LogP contribution in [0, 0.1) is 5.92 Å². The highest BCUT2D eigenvalue weighted by molar-refractivity contribution is 5.84. The quantitative estimate of drug-likeness (QED) is 0.803. The lowest BCUT2D eigenvalue weighted by Crippen LogP contribution is -2.57. The highest BCUT2D eigenvalue weighted by Crippen LogP contribution is 2.21. The molecule has 0 saturated heterocycles. The van der Waals surface area contributed by atoms with Gasteiger partial charge in [0.2, 0.25) is 5.91 Å². The van der Waals surface area contributed by atoms with Crippen LogP contribution in [-0.2, 0) is 11.8 Å². The van der Waals surface area contributed by atoms with Crippen LogP contribution in [0.5, 0.6) is 0 Å². The van der Waals surface area contributed by atoms with E-state index in [1.165, 1.54) is 0 Å². The lowest BCUT2D eigenvalue weighted by atomic mass is 9.86. The Bertz CT molecular complexity index is 399. The minimum Gasteiger partial charge on any atom is -0.368 e. The number of hydrogen-bond acceptors (Lipinski definition) is 3. The van der Waals surface area contributed by atoms with Crippen molar-refractivity contribution >= 4 is 5.91 Å². The van der Waals surface area contributed by atoms with E-state index in [1.807, 2.05) is 40.9 Å². The van der Waals surface area contributed by atoms with Crippen LogP contribution in [0.2, 0.25) is 0 Å². The Balaban J connectivity index is 2.85. The Morgan fingerprint density at radius 3 is 2.47 bits per heavy atom. The van der Waals surface area contributed by atoms with Crippen molar-refractivity contribution in [2.45, 2.75) is 39.3 Å². The van der Waals surface area contributed by atoms with Gasteiger partial charge in [-0.25, -0.2) is 0 Å². The zero-order valence-electron chi connectivity index (χ0n) is 11.2. The fourth-order valence-electron chi connectivity index (χ4n) is 1.72. The third kappa shape index (κ3) is 2.85. The molecule has 0 aliphatic heterocycles. The van der Waals surface area contributed by atoms with Crippen molar-refractivity contribution in [3.8, 4) is 0 Å². The van der Waals surface area contributed by atoms with E-state index < -0.39 is 5.54 Å². The highest BCUT2D eigenvalue weighted by Gasteiger charge is 2.35. The molecule has 0 fully saturated rings. The van der Waals surface area contributed by atoms with Crippen molar-refractivity contribution in [1.29, 1.82) is 0 Å². The molecule has 0 aliphatic rings. The SMILES string of the molecule is CC(NC(C)(C(N)=O)C(C)C)c1cnn(C)c1. The Hall–Kier alpha value is -1.36. The fourth-order valence-corrected chi connectivity index (χ4v) is 1.72. The molecular formula is C12H22N4O. The Labute approximate surface area is 102 Å². The minimum absolute atomic E-state index is 0.0311. The van der Waals surface area contributed by atoms with E-state index in [9.17, 15) is 4.79 Å². The molecule has 96 valence electrons. The zero-order valence-corrected chi connectivity index (χ0v) is 11.2. The van der Waals surface area contributed by atoms with Gasteiger partial charge in [-0.05, 0) is 19.8 Å². The van der Waals surface area contributed by atoms with Gasteiger partial charge in [0, 0.05) is 24.8 Å². The van der Waals surface area contributed by atoms with Gasteiger partial charge in [-0.2, -0.15) is 5.10 Å². The molecule has 1 amide bonds. The molecule has 0 saturated carbocycles. The molecule has 5 nitrogen and oxygen atoms in total. The number of hydrogen-bond donors (Lipinski definition) is 2. The number of carbonyl (C=O) groups is 1. The third-order valence-electron chi connectivity index (χ3n) is 3.41. The number of rotatable bonds is 5. The van der Waals surface area contributed by atoms with Gasteiger partial charge in [-0.15, -0.1) is 0 Å². The number of nitrogens with one attached hydrogen (secondary N) is 1. The summed E-state index contributed by atoms with van der Waals surface area (Å²) in [6.07, 6.45) is 3.72. The average Bonchev–Trinajstić information content (AvgIpc) is 2.64. The number of nitrogens with zero attached hydrogens (tertiary/aromatic N) is 2. The summed E-state index contributed by atoms with van der Waals surface area (Å²) in [5.41, 5.74) is 5.81. The van der Waals surface area contributed by atoms with Gasteiger partial charge in [0.05, 0.1) is 11.7 Å². The van der Waals surface area contributed by atoms with Crippen molar-refractivity contribution in [3.05, 3.63) is 18.0 Å². The van der Waals surface area contributed by atoms with Crippen molar-refractivity contribution in [1.82, 2.24) is 15.1 Å². The van der Waals surface area contributed by atoms with Crippen LogP contribution < -0.4 is 11.1 Å². The summed E-state index contributed by atoms with van der Waals surface area (Å²) in [6, 6.07) is 0.0311. The summed E-state index contributed by atoms with van der Waals surface area (Å²) in [7, 11) is 1.87. The van der Waals surface area contributed by atoms with Crippen LogP contribution in [0.15, 0.2) is 12.4 Å². The first-order valence-electron chi connectivity index (χ1n) is 5.83. The molecule has 1 heterocycles. The van der Waals surface area contributed by atoms with Crippen molar-refractivity contribution < 1.29 is 4.79 Å². The van der Waals surface area contributed by atoms with Crippen molar-refractivity contribution in [2.24, 2.45) is 18.7 Å². The summed E-state index contributed by atoms with van der Waals surface area (Å²) in [5.74, 6) is -0.206. The number of aromatic nitrogens is 2. The number of amides is 1. The first kappa shape index (κ1) is 13.7. The predicted molar refractivity (Wildman–Crippen MR) is 67.2 cm³/mol. The average molecular weight is 238 g/mol. The van der Waals surface area contributed by atoms with E-state index in [0.717, 1.165) is 5.56 Å². The first-order valence-corrected chi connectivity index (χ1v) is 5.83. The first-order chi connectivity index (χ1) is 7.77. The Morgan fingerprint density at radius 1 is 1.53 bits per heavy atom. The maximum Gasteiger partial charge on any atom is 0.237 e. The minimum atomic E-state index is -0.713. The van der Waals surface area contributed by atoms with Gasteiger partial charge in [-0.1, -0.05) is 13.8 Å². The van der Waals surface area contributed by atoms with E-state index >= 15 is 0 Å². The maximum atomic E-state index is 11.6. The van der Waals surface area contributed by atoms with E-state index in [1.54, 1.807) is 10.9 Å². The monoisotopic (exact) mass is 238 g/mol. The fraction of sp³-hybridized carbons (Fsp3) is 0.667. The van der Waals surface area contributed by atoms with E-state index in [0.29, 0.717) is 0 Å². The number of nitrogens with two attached hydrogens (primary N) is 1. The van der Waals surface area contributed by atoms with Crippen molar-refractivity contribution in [3.63, 3.8) is 0 Å². The molecule has 0 aromatic carbocycles. The third-order valence-corrected chi connectivity index (χ3v) is 3.41. The number of primary amides is 1. The molecule has 0 aliphatic carbocycles. The number of carbonyl (C=O) groups excluding carboxylic acids is 1. The predicted octanol–water partition coefficient (Wildman–Crippen LogP) is 0.971. The van der Waals surface area contributed by atoms with Crippen LogP contribution in [0.25, 0.3) is 0 Å². The van der Waals surface area contributed by atoms with Gasteiger partial charge >= 0.3 is 0 Å². The molecule has 1 aromatic rings. The van der Waals surface area contributed by atoms with Gasteiger partial charge in [0.1, 0.15) is 0 Å². The second kappa shape index (κ2) is 4.87. The molecule has 1 rings (SSSR count). The summed E-state index contributed by atoms with van der Waals surface area (Å²) in [5, 5.41) is 7.41. The van der Waals surface area contributed by atoms with Gasteiger partial charge < -0.3 is 5.73 Å². The lowest BCUT2D eigenvalue weighted by molar-refractivity contribution is -0.125. The molecule has 2 atom stereocenters. The summed E-state index contributed by atoms with van der Waals surface area (Å²) in [4.78, 5) is 11.6. The second-order valence-electron chi connectivity index (χ2n) is 5.03. The molecule has 17 heavy (non-hydrogen) atoms. The molecule has 0 bridgehead atoms. The van der Waals surface area contributed by atoms with E-state index in [2.05, 4.69) is 10.4 Å². The second-order valence-corrected chi connectivity index (χ2v) is 5.03. The molecule has 3 N–H and O–H groups in total. The molecule has 0 spiro atoms. The topological polar surface area (TPSA) is 72.9 Å². The standard InChI is InChI=1S/C12H22N4O/c1-8(2)12(4,11(13)17)15-9(3)10-6-14-16(5)7-10/h6-9,15H,1-5H3,(H2,13,17).